The number of imidazole rings is 1. The second kappa shape index (κ2) is 6.67. The van der Waals surface area contributed by atoms with Crippen molar-refractivity contribution in [1.29, 1.82) is 0 Å². The quantitative estimate of drug-likeness (QED) is 0.765. The van der Waals surface area contributed by atoms with E-state index in [4.69, 9.17) is 9.47 Å². The van der Waals surface area contributed by atoms with E-state index in [0.29, 0.717) is 0 Å². The number of aromatic nitrogens is 2. The van der Waals surface area contributed by atoms with Gasteiger partial charge in [0.05, 0.1) is 6.33 Å². The Morgan fingerprint density at radius 2 is 2.17 bits per heavy atom. The summed E-state index contributed by atoms with van der Waals surface area (Å²) in [6.07, 6.45) is 8.96. The predicted molar refractivity (Wildman–Crippen MR) is 91.5 cm³/mol. The summed E-state index contributed by atoms with van der Waals surface area (Å²) < 4.78 is 14.0. The van der Waals surface area contributed by atoms with Crippen LogP contribution in [0.4, 0.5) is 0 Å². The third kappa shape index (κ3) is 2.88. The zero-order valence-electron chi connectivity index (χ0n) is 14.2. The van der Waals surface area contributed by atoms with Crippen molar-refractivity contribution in [2.75, 3.05) is 26.7 Å². The predicted octanol–water partition coefficient (Wildman–Crippen LogP) is 2.94. The van der Waals surface area contributed by atoms with Gasteiger partial charge in [0.25, 0.3) is 0 Å². The van der Waals surface area contributed by atoms with E-state index in [1.54, 1.807) is 7.11 Å². The Labute approximate surface area is 143 Å². The lowest BCUT2D eigenvalue weighted by atomic mass is 9.91. The van der Waals surface area contributed by atoms with Crippen molar-refractivity contribution in [2.45, 2.75) is 37.7 Å². The first kappa shape index (κ1) is 15.8. The van der Waals surface area contributed by atoms with Gasteiger partial charge in [-0.05, 0) is 31.4 Å². The molecule has 0 aliphatic carbocycles. The third-order valence-electron chi connectivity index (χ3n) is 5.26. The number of methoxy groups -OCH3 is 1. The van der Waals surface area contributed by atoms with Crippen LogP contribution < -0.4 is 0 Å². The second-order valence-electron chi connectivity index (χ2n) is 6.80. The zero-order valence-corrected chi connectivity index (χ0v) is 14.2. The van der Waals surface area contributed by atoms with E-state index >= 15 is 0 Å². The van der Waals surface area contributed by atoms with E-state index in [9.17, 15) is 0 Å². The third-order valence-corrected chi connectivity index (χ3v) is 5.26. The molecule has 128 valence electrons. The minimum atomic E-state index is -0.220. The van der Waals surface area contributed by atoms with Gasteiger partial charge in [0, 0.05) is 44.7 Å². The van der Waals surface area contributed by atoms with E-state index < -0.39 is 0 Å². The number of benzene rings is 1. The molecule has 1 fully saturated rings. The Balaban J connectivity index is 1.34. The van der Waals surface area contributed by atoms with Crippen LogP contribution >= 0.6 is 0 Å². The van der Waals surface area contributed by atoms with Crippen molar-refractivity contribution in [1.82, 2.24) is 14.5 Å². The van der Waals surface area contributed by atoms with E-state index in [1.807, 2.05) is 18.7 Å². The van der Waals surface area contributed by atoms with Crippen LogP contribution in [0.1, 0.15) is 36.7 Å². The molecule has 2 aromatic rings. The Kier molecular flexibility index (Phi) is 4.39. The molecule has 0 amide bonds. The molecule has 2 aliphatic heterocycles. The number of hydrogen-bond acceptors (Lipinski definition) is 4. The number of ether oxygens (including phenoxy) is 2. The molecule has 3 heterocycles. The van der Waals surface area contributed by atoms with E-state index in [0.717, 1.165) is 32.6 Å². The number of nitrogens with zero attached hydrogens (tertiary/aromatic N) is 3. The number of rotatable bonds is 6. The Morgan fingerprint density at radius 1 is 1.29 bits per heavy atom. The molecule has 0 unspecified atom stereocenters. The topological polar surface area (TPSA) is 39.5 Å². The van der Waals surface area contributed by atoms with E-state index in [1.165, 1.54) is 24.0 Å². The van der Waals surface area contributed by atoms with Crippen LogP contribution in [0.3, 0.4) is 0 Å². The first-order valence-corrected chi connectivity index (χ1v) is 8.79. The molecule has 0 radical (unpaired) electrons. The monoisotopic (exact) mass is 327 g/mol. The molecule has 0 saturated carbocycles. The summed E-state index contributed by atoms with van der Waals surface area (Å²) >= 11 is 0. The molecule has 24 heavy (non-hydrogen) atoms. The fourth-order valence-corrected chi connectivity index (χ4v) is 4.04. The number of fused-ring (bicyclic) bond motifs is 2. The van der Waals surface area contributed by atoms with Crippen LogP contribution in [0.2, 0.25) is 0 Å². The highest BCUT2D eigenvalue weighted by atomic mass is 16.7. The first-order chi connectivity index (χ1) is 11.8. The summed E-state index contributed by atoms with van der Waals surface area (Å²) in [6, 6.07) is 8.51. The average molecular weight is 327 g/mol. The highest BCUT2D eigenvalue weighted by Gasteiger charge is 2.49. The van der Waals surface area contributed by atoms with Gasteiger partial charge in [-0.3, -0.25) is 4.90 Å². The molecule has 4 rings (SSSR count). The zero-order chi connectivity index (χ0) is 16.4. The highest BCUT2D eigenvalue weighted by molar-refractivity contribution is 5.38. The largest absolute Gasteiger partial charge is 0.352 e. The molecule has 0 N–H and O–H groups in total. The van der Waals surface area contributed by atoms with Crippen molar-refractivity contribution in [2.24, 2.45) is 0 Å². The van der Waals surface area contributed by atoms with Gasteiger partial charge in [-0.25, -0.2) is 4.98 Å². The lowest BCUT2D eigenvalue weighted by Gasteiger charge is -2.25. The number of hydrogen-bond donors (Lipinski definition) is 0. The fourth-order valence-electron chi connectivity index (χ4n) is 4.04. The van der Waals surface area contributed by atoms with Gasteiger partial charge in [-0.2, -0.15) is 0 Å². The molecule has 5 heteroatoms. The molecule has 2 aliphatic rings. The van der Waals surface area contributed by atoms with Gasteiger partial charge in [-0.1, -0.05) is 24.3 Å². The SMILES string of the molecule is CO[C@H]1O[C@@]2(CCN(CCCCn3ccnc3)C2)c2ccccc21. The summed E-state index contributed by atoms with van der Waals surface area (Å²) in [7, 11) is 1.73. The van der Waals surface area contributed by atoms with Crippen molar-refractivity contribution < 1.29 is 9.47 Å². The second-order valence-corrected chi connectivity index (χ2v) is 6.80. The molecule has 1 saturated heterocycles. The van der Waals surface area contributed by atoms with E-state index in [2.05, 4.69) is 38.7 Å². The minimum Gasteiger partial charge on any atom is -0.352 e. The van der Waals surface area contributed by atoms with Gasteiger partial charge in [0.15, 0.2) is 6.29 Å². The Hall–Kier alpha value is -1.69. The normalized spacial score (nSPS) is 26.3. The van der Waals surface area contributed by atoms with Gasteiger partial charge in [0.2, 0.25) is 0 Å². The molecular formula is C19H25N3O2. The Bertz CT molecular complexity index is 673. The molecule has 2 atom stereocenters. The van der Waals surface area contributed by atoms with Gasteiger partial charge < -0.3 is 14.0 Å². The van der Waals surface area contributed by atoms with Gasteiger partial charge >= 0.3 is 0 Å². The fraction of sp³-hybridized carbons (Fsp3) is 0.526. The summed E-state index contributed by atoms with van der Waals surface area (Å²) in [4.78, 5) is 6.62. The molecule has 1 spiro atoms. The average Bonchev–Trinajstić information content (AvgIpc) is 3.33. The molecule has 5 nitrogen and oxygen atoms in total. The van der Waals surface area contributed by atoms with Gasteiger partial charge in [0.1, 0.15) is 5.60 Å². The molecule has 1 aromatic heterocycles. The van der Waals surface area contributed by atoms with Crippen LogP contribution in [0.5, 0.6) is 0 Å². The number of aryl methyl sites for hydroxylation is 1. The molecular weight excluding hydrogens is 302 g/mol. The molecule has 0 bridgehead atoms. The first-order valence-electron chi connectivity index (χ1n) is 8.79. The van der Waals surface area contributed by atoms with Crippen LogP contribution in [-0.2, 0) is 21.6 Å². The van der Waals surface area contributed by atoms with Crippen LogP contribution in [0.25, 0.3) is 0 Å². The van der Waals surface area contributed by atoms with Crippen molar-refractivity contribution >= 4 is 0 Å². The summed E-state index contributed by atoms with van der Waals surface area (Å²) in [6.45, 7) is 4.23. The lowest BCUT2D eigenvalue weighted by molar-refractivity contribution is -0.183. The summed E-state index contributed by atoms with van der Waals surface area (Å²) in [5, 5.41) is 0. The summed E-state index contributed by atoms with van der Waals surface area (Å²) in [5.74, 6) is 0. The van der Waals surface area contributed by atoms with Crippen molar-refractivity contribution in [3.05, 3.63) is 54.1 Å². The van der Waals surface area contributed by atoms with E-state index in [-0.39, 0.29) is 11.9 Å². The maximum atomic E-state index is 6.35. The maximum absolute atomic E-state index is 6.35. The number of likely N-dealkylation sites (tertiary alicyclic amines) is 1. The number of unbranched alkanes of at least 4 members (excludes halogenated alkanes) is 1. The van der Waals surface area contributed by atoms with Crippen molar-refractivity contribution in [3.8, 4) is 0 Å². The van der Waals surface area contributed by atoms with Crippen LogP contribution in [0.15, 0.2) is 43.0 Å². The molecule has 1 aromatic carbocycles. The minimum absolute atomic E-state index is 0.179. The highest BCUT2D eigenvalue weighted by Crippen LogP contribution is 2.48. The Morgan fingerprint density at radius 3 is 3.00 bits per heavy atom. The van der Waals surface area contributed by atoms with Crippen LogP contribution in [-0.4, -0.2) is 41.2 Å². The lowest BCUT2D eigenvalue weighted by Crippen LogP contribution is -2.31. The summed E-state index contributed by atoms with van der Waals surface area (Å²) in [5.41, 5.74) is 2.33. The van der Waals surface area contributed by atoms with Crippen LogP contribution in [0, 0.1) is 0 Å². The van der Waals surface area contributed by atoms with Crippen molar-refractivity contribution in [3.63, 3.8) is 0 Å². The smallest absolute Gasteiger partial charge is 0.184 e. The van der Waals surface area contributed by atoms with Gasteiger partial charge in [-0.15, -0.1) is 0 Å². The maximum Gasteiger partial charge on any atom is 0.184 e. The standard InChI is InChI=1S/C19H25N3O2/c1-23-18-16-6-2-3-7-17(16)19(24-18)8-12-21(14-19)10-4-5-11-22-13-9-20-15-22/h2-3,6-7,9,13,15,18H,4-5,8,10-12,14H2,1H3/t18-,19+/m0/s1.